The van der Waals surface area contributed by atoms with Crippen molar-refractivity contribution in [3.63, 3.8) is 0 Å². The van der Waals surface area contributed by atoms with Crippen LogP contribution in [-0.4, -0.2) is 83.0 Å². The number of hydrogen-bond donors (Lipinski definition) is 3. The Bertz CT molecular complexity index is 1020. The molecule has 10 nitrogen and oxygen atoms in total. The van der Waals surface area contributed by atoms with Gasteiger partial charge in [0, 0.05) is 13.1 Å². The molecule has 2 heterocycles. The molecule has 0 unspecified atom stereocenters. The van der Waals surface area contributed by atoms with Crippen LogP contribution in [0, 0.1) is 28.6 Å². The highest BCUT2D eigenvalue weighted by Gasteiger charge is 2.70. The van der Waals surface area contributed by atoms with Crippen molar-refractivity contribution in [2.75, 3.05) is 19.6 Å². The Hall–Kier alpha value is -2.64. The summed E-state index contributed by atoms with van der Waals surface area (Å²) < 4.78 is 52.7. The molecule has 3 aliphatic rings. The van der Waals surface area contributed by atoms with E-state index < -0.39 is 76.1 Å². The number of nitrogens with one attached hydrogen (secondary N) is 3. The molecule has 0 aromatic carbocycles. The summed E-state index contributed by atoms with van der Waals surface area (Å²) in [5.74, 6) is -7.09. The van der Waals surface area contributed by atoms with Crippen LogP contribution in [0.15, 0.2) is 0 Å². The number of hydrogen-bond acceptors (Lipinski definition) is 5. The fraction of sp³-hybridized carbons (Fsp3) is 0.783. The van der Waals surface area contributed by atoms with Crippen LogP contribution in [0.3, 0.4) is 0 Å². The Labute approximate surface area is 222 Å². The fourth-order valence-corrected chi connectivity index (χ4v) is 5.51. The molecule has 3 fully saturated rings. The quantitative estimate of drug-likeness (QED) is 0.251. The number of halogens is 5. The second-order valence-electron chi connectivity index (χ2n) is 11.7. The van der Waals surface area contributed by atoms with Crippen LogP contribution in [0.5, 0.6) is 0 Å². The summed E-state index contributed by atoms with van der Waals surface area (Å²) in [4.78, 5) is 64.3. The zero-order valence-corrected chi connectivity index (χ0v) is 22.4. The van der Waals surface area contributed by atoms with E-state index in [4.69, 9.17) is 11.6 Å². The number of piperidine rings is 1. The SMILES string of the molecule is CC(C)(C)[C@H](NC(=O)C(F)(F)F)C(=O)N1C[C@H]2[C@@H]([C@H]1C(=O)NN(C[C@@H]1CCNC1=O)C(=O)[C@@H](F)Cl)C2(C)C. The Morgan fingerprint density at radius 1 is 1.21 bits per heavy atom. The first kappa shape index (κ1) is 29.9. The Morgan fingerprint density at radius 2 is 1.82 bits per heavy atom. The van der Waals surface area contributed by atoms with E-state index in [1.54, 1.807) is 5.32 Å². The third-order valence-corrected chi connectivity index (χ3v) is 7.86. The molecule has 6 atom stereocenters. The highest BCUT2D eigenvalue weighted by molar-refractivity contribution is 6.29. The van der Waals surface area contributed by atoms with E-state index in [1.165, 1.54) is 20.8 Å². The second-order valence-corrected chi connectivity index (χ2v) is 12.0. The van der Waals surface area contributed by atoms with Gasteiger partial charge in [0.25, 0.3) is 17.4 Å². The van der Waals surface area contributed by atoms with Crippen molar-refractivity contribution in [1.29, 1.82) is 0 Å². The van der Waals surface area contributed by atoms with Crippen LogP contribution in [0.4, 0.5) is 17.6 Å². The molecule has 5 amide bonds. The van der Waals surface area contributed by atoms with Crippen molar-refractivity contribution in [1.82, 2.24) is 26.0 Å². The molecule has 0 radical (unpaired) electrons. The Kier molecular flexibility index (Phi) is 7.99. The number of likely N-dealkylation sites (tertiary alicyclic amines) is 1. The van der Waals surface area contributed by atoms with E-state index in [0.29, 0.717) is 18.0 Å². The van der Waals surface area contributed by atoms with Gasteiger partial charge in [-0.15, -0.1) is 0 Å². The molecule has 1 saturated carbocycles. The monoisotopic (exact) mass is 569 g/mol. The first-order valence-electron chi connectivity index (χ1n) is 12.1. The molecule has 3 rings (SSSR count). The van der Waals surface area contributed by atoms with Gasteiger partial charge in [-0.1, -0.05) is 46.2 Å². The van der Waals surface area contributed by atoms with Crippen LogP contribution in [0.1, 0.15) is 41.0 Å². The van der Waals surface area contributed by atoms with E-state index in [0.717, 1.165) is 4.90 Å². The van der Waals surface area contributed by atoms with Crippen LogP contribution >= 0.6 is 11.6 Å². The third-order valence-electron chi connectivity index (χ3n) is 7.67. The minimum Gasteiger partial charge on any atom is -0.356 e. The lowest BCUT2D eigenvalue weighted by atomic mass is 9.85. The van der Waals surface area contributed by atoms with Crippen molar-refractivity contribution in [2.24, 2.45) is 28.6 Å². The zero-order chi connectivity index (χ0) is 29.0. The largest absolute Gasteiger partial charge is 0.471 e. The lowest BCUT2D eigenvalue weighted by Crippen LogP contribution is -2.62. The number of fused-ring (bicyclic) bond motifs is 1. The molecule has 3 N–H and O–H groups in total. The standard InChI is InChI=1S/C23H32ClF4N5O5/c1-21(2,3)14(30-20(38)23(26,27)28)18(36)32-9-11-12(22(11,4)5)13(32)17(35)31-33(19(37)15(24)25)8-10-6-7-29-16(10)34/h10-15H,6-9H2,1-5H3,(H,29,34)(H,30,38)(H,31,35)/t10-,11-,12-,13-,14+,15+/m0/s1. The molecular formula is C23H32ClF4N5O5. The van der Waals surface area contributed by atoms with E-state index in [2.05, 4.69) is 10.7 Å². The maximum absolute atomic E-state index is 13.7. The molecule has 2 aliphatic heterocycles. The average molecular weight is 570 g/mol. The summed E-state index contributed by atoms with van der Waals surface area (Å²) in [5, 5.41) is 4.92. The smallest absolute Gasteiger partial charge is 0.356 e. The lowest BCUT2D eigenvalue weighted by molar-refractivity contribution is -0.176. The van der Waals surface area contributed by atoms with Crippen molar-refractivity contribution in [3.05, 3.63) is 0 Å². The first-order valence-corrected chi connectivity index (χ1v) is 12.6. The van der Waals surface area contributed by atoms with Crippen LogP contribution in [0.25, 0.3) is 0 Å². The summed E-state index contributed by atoms with van der Waals surface area (Å²) in [6, 6.07) is -2.85. The third kappa shape index (κ3) is 5.84. The number of amides is 5. The van der Waals surface area contributed by atoms with Gasteiger partial charge in [0.2, 0.25) is 11.8 Å². The molecule has 38 heavy (non-hydrogen) atoms. The molecular weight excluding hydrogens is 538 g/mol. The van der Waals surface area contributed by atoms with Gasteiger partial charge in [-0.3, -0.25) is 29.4 Å². The molecule has 2 saturated heterocycles. The molecule has 0 aromatic heterocycles. The van der Waals surface area contributed by atoms with Gasteiger partial charge in [-0.05, 0) is 29.1 Å². The molecule has 0 aromatic rings. The predicted octanol–water partition coefficient (Wildman–Crippen LogP) is 1.09. The summed E-state index contributed by atoms with van der Waals surface area (Å²) >= 11 is 5.32. The molecule has 1 aliphatic carbocycles. The van der Waals surface area contributed by atoms with E-state index in [9.17, 15) is 41.5 Å². The van der Waals surface area contributed by atoms with Crippen molar-refractivity contribution in [3.8, 4) is 0 Å². The Balaban J connectivity index is 1.87. The van der Waals surface area contributed by atoms with Crippen molar-refractivity contribution >= 4 is 41.1 Å². The van der Waals surface area contributed by atoms with E-state index in [-0.39, 0.29) is 19.0 Å². The topological polar surface area (TPSA) is 128 Å². The maximum atomic E-state index is 13.7. The highest BCUT2D eigenvalue weighted by atomic mass is 35.5. The first-order chi connectivity index (χ1) is 17.3. The van der Waals surface area contributed by atoms with E-state index in [1.807, 2.05) is 13.8 Å². The Morgan fingerprint density at radius 3 is 2.29 bits per heavy atom. The second kappa shape index (κ2) is 10.2. The van der Waals surface area contributed by atoms with Gasteiger partial charge in [0.15, 0.2) is 0 Å². The van der Waals surface area contributed by atoms with Gasteiger partial charge in [0.05, 0.1) is 12.5 Å². The van der Waals surface area contributed by atoms with Gasteiger partial charge in [-0.25, -0.2) is 9.40 Å². The van der Waals surface area contributed by atoms with E-state index >= 15 is 0 Å². The molecule has 15 heteroatoms. The average Bonchev–Trinajstić information content (AvgIpc) is 3.14. The van der Waals surface area contributed by atoms with Crippen LogP contribution in [-0.2, 0) is 24.0 Å². The predicted molar refractivity (Wildman–Crippen MR) is 125 cm³/mol. The van der Waals surface area contributed by atoms with Crippen molar-refractivity contribution in [2.45, 2.75) is 64.9 Å². The number of rotatable bonds is 6. The van der Waals surface area contributed by atoms with Crippen LogP contribution < -0.4 is 16.1 Å². The summed E-state index contributed by atoms with van der Waals surface area (Å²) in [6.07, 6.45) is -4.90. The number of nitrogens with zero attached hydrogens (tertiary/aromatic N) is 2. The van der Waals surface area contributed by atoms with Gasteiger partial charge in [0.1, 0.15) is 12.1 Å². The summed E-state index contributed by atoms with van der Waals surface area (Å²) in [7, 11) is 0. The molecule has 214 valence electrons. The maximum Gasteiger partial charge on any atom is 0.471 e. The number of carbonyl (C=O) groups excluding carboxylic acids is 5. The fourth-order valence-electron chi connectivity index (χ4n) is 5.39. The molecule has 0 bridgehead atoms. The summed E-state index contributed by atoms with van der Waals surface area (Å²) in [5.41, 5.74) is -1.79. The van der Waals surface area contributed by atoms with Crippen molar-refractivity contribution < 1.29 is 41.5 Å². The number of hydrazine groups is 1. The number of alkyl halides is 5. The minimum absolute atomic E-state index is 0.0310. The lowest BCUT2D eigenvalue weighted by Gasteiger charge is -2.38. The number of carbonyl (C=O) groups is 5. The van der Waals surface area contributed by atoms with Gasteiger partial charge < -0.3 is 15.5 Å². The van der Waals surface area contributed by atoms with Gasteiger partial charge in [-0.2, -0.15) is 13.2 Å². The van der Waals surface area contributed by atoms with Gasteiger partial charge >= 0.3 is 12.1 Å². The van der Waals surface area contributed by atoms with Crippen LogP contribution in [0.2, 0.25) is 0 Å². The minimum atomic E-state index is -5.23. The summed E-state index contributed by atoms with van der Waals surface area (Å²) in [6.45, 7) is 8.13. The zero-order valence-electron chi connectivity index (χ0n) is 21.6. The highest BCUT2D eigenvalue weighted by Crippen LogP contribution is 2.65. The molecule has 0 spiro atoms. The normalized spacial score (nSPS) is 27.6.